The maximum Gasteiger partial charge on any atom is 0.325 e. The zero-order valence-corrected chi connectivity index (χ0v) is 21.3. The molecule has 0 atom stereocenters. The van der Waals surface area contributed by atoms with Gasteiger partial charge < -0.3 is 9.30 Å². The number of carbonyl (C=O) groups is 2. The van der Waals surface area contributed by atoms with Gasteiger partial charge in [0.1, 0.15) is 6.54 Å². The standard InChI is InChI=1S/C26H27Cl2NO3S/c1-4-32-24(31)16-29-14-13-19(15-29)21(30)11-9-18-10-12-23(26(28)25(18)27)33-22-8-6-5-7-20(22)17(2)3/h5-8,10,12-15,17H,4,9,11,16H2,1-3H3. The molecule has 0 aliphatic carbocycles. The van der Waals surface area contributed by atoms with Gasteiger partial charge in [-0.2, -0.15) is 0 Å². The van der Waals surface area contributed by atoms with Crippen molar-refractivity contribution in [2.24, 2.45) is 0 Å². The van der Waals surface area contributed by atoms with E-state index < -0.39 is 0 Å². The summed E-state index contributed by atoms with van der Waals surface area (Å²) in [5, 5.41) is 0.988. The molecule has 0 saturated heterocycles. The number of Topliss-reactive ketones (excluding diaryl/α,β-unsaturated/α-hetero) is 1. The highest BCUT2D eigenvalue weighted by Crippen LogP contribution is 2.41. The Bertz CT molecular complexity index is 1140. The number of nitrogens with zero attached hydrogens (tertiary/aromatic N) is 1. The van der Waals surface area contributed by atoms with E-state index in [0.29, 0.717) is 41.0 Å². The van der Waals surface area contributed by atoms with E-state index in [9.17, 15) is 9.59 Å². The van der Waals surface area contributed by atoms with Gasteiger partial charge in [-0.15, -0.1) is 0 Å². The summed E-state index contributed by atoms with van der Waals surface area (Å²) in [5.41, 5.74) is 2.65. The third-order valence-electron chi connectivity index (χ3n) is 5.20. The Balaban J connectivity index is 1.66. The number of carbonyl (C=O) groups excluding carboxylic acids is 2. The molecule has 7 heteroatoms. The Kier molecular flexibility index (Phi) is 9.07. The third-order valence-corrected chi connectivity index (χ3v) is 7.38. The Morgan fingerprint density at radius 2 is 1.79 bits per heavy atom. The van der Waals surface area contributed by atoms with Gasteiger partial charge in [0.2, 0.25) is 0 Å². The number of hydrogen-bond acceptors (Lipinski definition) is 4. The summed E-state index contributed by atoms with van der Waals surface area (Å²) in [4.78, 5) is 26.3. The second-order valence-corrected chi connectivity index (χ2v) is 9.79. The van der Waals surface area contributed by atoms with Crippen molar-refractivity contribution >= 4 is 46.7 Å². The van der Waals surface area contributed by atoms with Crippen LogP contribution in [-0.2, 0) is 22.5 Å². The van der Waals surface area contributed by atoms with Crippen molar-refractivity contribution in [1.82, 2.24) is 4.57 Å². The van der Waals surface area contributed by atoms with E-state index in [2.05, 4.69) is 26.0 Å². The minimum Gasteiger partial charge on any atom is -0.465 e. The van der Waals surface area contributed by atoms with Crippen LogP contribution < -0.4 is 0 Å². The van der Waals surface area contributed by atoms with Crippen molar-refractivity contribution < 1.29 is 14.3 Å². The fourth-order valence-corrected chi connectivity index (χ4v) is 5.21. The number of aryl methyl sites for hydroxylation is 1. The summed E-state index contributed by atoms with van der Waals surface area (Å²) in [7, 11) is 0. The molecule has 1 heterocycles. The average molecular weight is 504 g/mol. The van der Waals surface area contributed by atoms with E-state index in [4.69, 9.17) is 27.9 Å². The summed E-state index contributed by atoms with van der Waals surface area (Å²) in [5.74, 6) is 0.0528. The van der Waals surface area contributed by atoms with Crippen LogP contribution >= 0.6 is 35.0 Å². The molecule has 0 radical (unpaired) electrons. The van der Waals surface area contributed by atoms with Gasteiger partial charge in [0.05, 0.1) is 16.7 Å². The van der Waals surface area contributed by atoms with Gasteiger partial charge in [0.15, 0.2) is 5.78 Å². The Morgan fingerprint density at radius 3 is 2.52 bits per heavy atom. The molecule has 3 rings (SSSR count). The zero-order chi connectivity index (χ0) is 24.0. The smallest absolute Gasteiger partial charge is 0.325 e. The number of aromatic nitrogens is 1. The molecule has 0 bridgehead atoms. The van der Waals surface area contributed by atoms with Crippen molar-refractivity contribution in [3.63, 3.8) is 0 Å². The number of benzene rings is 2. The molecule has 33 heavy (non-hydrogen) atoms. The van der Waals surface area contributed by atoms with E-state index in [0.717, 1.165) is 15.4 Å². The first-order valence-electron chi connectivity index (χ1n) is 10.9. The first-order chi connectivity index (χ1) is 15.8. The summed E-state index contributed by atoms with van der Waals surface area (Å²) >= 11 is 14.8. The van der Waals surface area contributed by atoms with Gasteiger partial charge in [0, 0.05) is 34.2 Å². The molecule has 0 saturated carbocycles. The topological polar surface area (TPSA) is 48.3 Å². The van der Waals surface area contributed by atoms with Crippen LogP contribution in [0.4, 0.5) is 0 Å². The molecule has 4 nitrogen and oxygen atoms in total. The highest BCUT2D eigenvalue weighted by Gasteiger charge is 2.16. The van der Waals surface area contributed by atoms with E-state index in [1.807, 2.05) is 24.3 Å². The van der Waals surface area contributed by atoms with Gasteiger partial charge >= 0.3 is 5.97 Å². The van der Waals surface area contributed by atoms with Crippen LogP contribution in [0.15, 0.2) is 64.6 Å². The van der Waals surface area contributed by atoms with Crippen molar-refractivity contribution in [3.05, 3.63) is 81.6 Å². The van der Waals surface area contributed by atoms with E-state index in [-0.39, 0.29) is 18.3 Å². The minimum atomic E-state index is -0.331. The fourth-order valence-electron chi connectivity index (χ4n) is 3.46. The number of ether oxygens (including phenoxy) is 1. The maximum atomic E-state index is 12.6. The third kappa shape index (κ3) is 6.66. The summed E-state index contributed by atoms with van der Waals surface area (Å²) in [6, 6.07) is 13.9. The highest BCUT2D eigenvalue weighted by atomic mass is 35.5. The quantitative estimate of drug-likeness (QED) is 0.213. The SMILES string of the molecule is CCOC(=O)Cn1ccc(C(=O)CCc2ccc(Sc3ccccc3C(C)C)c(Cl)c2Cl)c1. The predicted molar refractivity (Wildman–Crippen MR) is 135 cm³/mol. The lowest BCUT2D eigenvalue weighted by Gasteiger charge is -2.14. The largest absolute Gasteiger partial charge is 0.465 e. The van der Waals surface area contributed by atoms with Crippen LogP contribution in [0.3, 0.4) is 0 Å². The van der Waals surface area contributed by atoms with Crippen LogP contribution in [0.1, 0.15) is 54.6 Å². The Morgan fingerprint density at radius 1 is 1.03 bits per heavy atom. The normalized spacial score (nSPS) is 11.1. The molecule has 0 aliphatic rings. The number of halogens is 2. The van der Waals surface area contributed by atoms with Crippen LogP contribution in [0.5, 0.6) is 0 Å². The van der Waals surface area contributed by atoms with Crippen molar-refractivity contribution in [2.45, 2.75) is 55.9 Å². The number of hydrogen-bond donors (Lipinski definition) is 0. The van der Waals surface area contributed by atoms with Gasteiger partial charge in [0.25, 0.3) is 0 Å². The van der Waals surface area contributed by atoms with E-state index in [1.165, 1.54) is 5.56 Å². The monoisotopic (exact) mass is 503 g/mol. The van der Waals surface area contributed by atoms with Crippen LogP contribution in [0, 0.1) is 0 Å². The Labute approximate surface area is 209 Å². The molecule has 0 N–H and O–H groups in total. The lowest BCUT2D eigenvalue weighted by molar-refractivity contribution is -0.143. The number of ketones is 1. The molecule has 1 aromatic heterocycles. The molecule has 0 unspecified atom stereocenters. The summed E-state index contributed by atoms with van der Waals surface area (Å²) in [6.07, 6.45) is 4.14. The zero-order valence-electron chi connectivity index (χ0n) is 18.9. The molecule has 0 fully saturated rings. The molecule has 0 spiro atoms. The molecule has 174 valence electrons. The van der Waals surface area contributed by atoms with Crippen LogP contribution in [-0.4, -0.2) is 22.9 Å². The lowest BCUT2D eigenvalue weighted by atomic mass is 10.0. The summed E-state index contributed by atoms with van der Waals surface area (Å²) < 4.78 is 6.59. The first kappa shape index (κ1) is 25.4. The molecule has 0 amide bonds. The van der Waals surface area contributed by atoms with Gasteiger partial charge in [-0.1, -0.05) is 73.1 Å². The fraction of sp³-hybridized carbons (Fsp3) is 0.308. The van der Waals surface area contributed by atoms with Crippen LogP contribution in [0.25, 0.3) is 0 Å². The second kappa shape index (κ2) is 11.8. The maximum absolute atomic E-state index is 12.6. The van der Waals surface area contributed by atoms with Crippen molar-refractivity contribution in [3.8, 4) is 0 Å². The molecule has 0 aliphatic heterocycles. The molecular weight excluding hydrogens is 477 g/mol. The van der Waals surface area contributed by atoms with Gasteiger partial charge in [-0.25, -0.2) is 0 Å². The van der Waals surface area contributed by atoms with E-state index >= 15 is 0 Å². The highest BCUT2D eigenvalue weighted by molar-refractivity contribution is 7.99. The van der Waals surface area contributed by atoms with Crippen molar-refractivity contribution in [1.29, 1.82) is 0 Å². The van der Waals surface area contributed by atoms with Crippen LogP contribution in [0.2, 0.25) is 10.0 Å². The van der Waals surface area contributed by atoms with E-state index in [1.54, 1.807) is 41.7 Å². The number of rotatable bonds is 10. The average Bonchev–Trinajstić information content (AvgIpc) is 3.25. The molecular formula is C26H27Cl2NO3S. The predicted octanol–water partition coefficient (Wildman–Crippen LogP) is 7.45. The summed E-state index contributed by atoms with van der Waals surface area (Å²) in [6.45, 7) is 6.51. The lowest BCUT2D eigenvalue weighted by Crippen LogP contribution is -2.12. The van der Waals surface area contributed by atoms with Gasteiger partial charge in [-0.3, -0.25) is 9.59 Å². The Hall–Kier alpha value is -2.21. The first-order valence-corrected chi connectivity index (χ1v) is 12.5. The molecule has 2 aromatic carbocycles. The van der Waals surface area contributed by atoms with Crippen molar-refractivity contribution in [2.75, 3.05) is 6.61 Å². The van der Waals surface area contributed by atoms with Gasteiger partial charge in [-0.05, 0) is 48.6 Å². The minimum absolute atomic E-state index is 0.0193. The number of esters is 1. The second-order valence-electron chi connectivity index (χ2n) is 7.95. The molecule has 3 aromatic rings.